The lowest BCUT2D eigenvalue weighted by Gasteiger charge is -2.11. The molecule has 5 nitrogen and oxygen atoms in total. The summed E-state index contributed by atoms with van der Waals surface area (Å²) in [5.41, 5.74) is 8.38. The summed E-state index contributed by atoms with van der Waals surface area (Å²) < 4.78 is 23.6. The first kappa shape index (κ1) is 20.2. The summed E-state index contributed by atoms with van der Waals surface area (Å²) in [7, 11) is 3.12. The summed E-state index contributed by atoms with van der Waals surface area (Å²) in [5.74, 6) is 0.329. The lowest BCUT2D eigenvalue weighted by molar-refractivity contribution is 0.185. The number of hydrogen-bond donors (Lipinski definition) is 2. The van der Waals surface area contributed by atoms with Crippen LogP contribution < -0.4 is 15.8 Å². The molecule has 0 aliphatic rings. The molecule has 24 heavy (non-hydrogen) atoms. The SMILES string of the molecule is COCc1ccccc1NC(N)=NCc1cc(F)cc(OC)c1.I. The number of nitrogens with two attached hydrogens (primary N) is 1. The van der Waals surface area contributed by atoms with Crippen LogP contribution >= 0.6 is 24.0 Å². The maximum absolute atomic E-state index is 13.4. The van der Waals surface area contributed by atoms with Crippen molar-refractivity contribution in [2.75, 3.05) is 19.5 Å². The first-order valence-corrected chi connectivity index (χ1v) is 7.09. The number of guanidine groups is 1. The number of halogens is 2. The van der Waals surface area contributed by atoms with Gasteiger partial charge in [0.2, 0.25) is 0 Å². The quantitative estimate of drug-likeness (QED) is 0.406. The van der Waals surface area contributed by atoms with Crippen LogP contribution in [0.15, 0.2) is 47.5 Å². The molecule has 3 N–H and O–H groups in total. The first-order chi connectivity index (χ1) is 11.1. The maximum Gasteiger partial charge on any atom is 0.193 e. The van der Waals surface area contributed by atoms with E-state index in [0.29, 0.717) is 17.9 Å². The summed E-state index contributed by atoms with van der Waals surface area (Å²) in [6.07, 6.45) is 0. The highest BCUT2D eigenvalue weighted by atomic mass is 127. The lowest BCUT2D eigenvalue weighted by atomic mass is 10.2. The second kappa shape index (κ2) is 10.1. The fraction of sp³-hybridized carbons (Fsp3) is 0.235. The van der Waals surface area contributed by atoms with Crippen LogP contribution in [0.25, 0.3) is 0 Å². The standard InChI is InChI=1S/C17H20FN3O2.HI/c1-22-11-13-5-3-4-6-16(13)21-17(19)20-10-12-7-14(18)9-15(8-12)23-2;/h3-9H,10-11H2,1-2H3,(H3,19,20,21);1H. The maximum atomic E-state index is 13.4. The highest BCUT2D eigenvalue weighted by molar-refractivity contribution is 14.0. The number of methoxy groups -OCH3 is 2. The predicted molar refractivity (Wildman–Crippen MR) is 104 cm³/mol. The Morgan fingerprint density at radius 3 is 2.67 bits per heavy atom. The molecule has 2 rings (SSSR count). The molecule has 0 radical (unpaired) electrons. The Kier molecular flexibility index (Phi) is 8.48. The summed E-state index contributed by atoms with van der Waals surface area (Å²) >= 11 is 0. The van der Waals surface area contributed by atoms with Gasteiger partial charge in [-0.15, -0.1) is 24.0 Å². The number of nitrogens with one attached hydrogen (secondary N) is 1. The molecule has 0 unspecified atom stereocenters. The van der Waals surface area contributed by atoms with Crippen molar-refractivity contribution in [1.29, 1.82) is 0 Å². The van der Waals surface area contributed by atoms with Crippen molar-refractivity contribution >= 4 is 35.6 Å². The van der Waals surface area contributed by atoms with E-state index in [1.54, 1.807) is 13.2 Å². The number of anilines is 1. The van der Waals surface area contributed by atoms with Gasteiger partial charge in [-0.2, -0.15) is 0 Å². The van der Waals surface area contributed by atoms with E-state index in [1.807, 2.05) is 24.3 Å². The van der Waals surface area contributed by atoms with Crippen LogP contribution in [0.3, 0.4) is 0 Å². The van der Waals surface area contributed by atoms with Crippen LogP contribution in [0.5, 0.6) is 5.75 Å². The van der Waals surface area contributed by atoms with Gasteiger partial charge in [0.05, 0.1) is 20.3 Å². The van der Waals surface area contributed by atoms with Gasteiger partial charge in [0.15, 0.2) is 5.96 Å². The van der Waals surface area contributed by atoms with Crippen molar-refractivity contribution in [3.05, 3.63) is 59.4 Å². The van der Waals surface area contributed by atoms with Gasteiger partial charge in [-0.3, -0.25) is 0 Å². The minimum Gasteiger partial charge on any atom is -0.497 e. The predicted octanol–water partition coefficient (Wildman–Crippen LogP) is 3.53. The van der Waals surface area contributed by atoms with Crippen LogP contribution in [-0.4, -0.2) is 20.2 Å². The third kappa shape index (κ3) is 5.97. The summed E-state index contributed by atoms with van der Waals surface area (Å²) in [6.45, 7) is 0.719. The van der Waals surface area contributed by atoms with Gasteiger partial charge in [0.1, 0.15) is 11.6 Å². The normalized spacial score (nSPS) is 10.9. The van der Waals surface area contributed by atoms with E-state index >= 15 is 0 Å². The highest BCUT2D eigenvalue weighted by Crippen LogP contribution is 2.17. The number of para-hydroxylation sites is 1. The number of aliphatic imine (C=N–C) groups is 1. The molecule has 0 fully saturated rings. The van der Waals surface area contributed by atoms with Crippen molar-refractivity contribution in [3.63, 3.8) is 0 Å². The summed E-state index contributed by atoms with van der Waals surface area (Å²) in [4.78, 5) is 4.23. The molecule has 0 bridgehead atoms. The minimum absolute atomic E-state index is 0. The number of hydrogen-bond acceptors (Lipinski definition) is 3. The highest BCUT2D eigenvalue weighted by Gasteiger charge is 2.04. The number of nitrogens with zero attached hydrogens (tertiary/aromatic N) is 1. The molecule has 7 heteroatoms. The van der Waals surface area contributed by atoms with Gasteiger partial charge in [-0.25, -0.2) is 9.38 Å². The van der Waals surface area contributed by atoms with Crippen molar-refractivity contribution in [2.24, 2.45) is 10.7 Å². The topological polar surface area (TPSA) is 68.9 Å². The van der Waals surface area contributed by atoms with Gasteiger partial charge in [-0.1, -0.05) is 18.2 Å². The van der Waals surface area contributed by atoms with Crippen molar-refractivity contribution in [2.45, 2.75) is 13.2 Å². The smallest absolute Gasteiger partial charge is 0.193 e. The molecule has 2 aromatic rings. The Bertz CT molecular complexity index is 695. The molecule has 0 saturated carbocycles. The first-order valence-electron chi connectivity index (χ1n) is 7.09. The Labute approximate surface area is 158 Å². The molecule has 0 atom stereocenters. The van der Waals surface area contributed by atoms with Crippen LogP contribution in [0.4, 0.5) is 10.1 Å². The van der Waals surface area contributed by atoms with E-state index < -0.39 is 0 Å². The molecule has 0 aliphatic heterocycles. The molecule has 130 valence electrons. The van der Waals surface area contributed by atoms with Crippen LogP contribution in [0.1, 0.15) is 11.1 Å². The third-order valence-electron chi connectivity index (χ3n) is 3.18. The molecular formula is C17H21FIN3O2. The van der Waals surface area contributed by atoms with Crippen LogP contribution in [0.2, 0.25) is 0 Å². The lowest BCUT2D eigenvalue weighted by Crippen LogP contribution is -2.23. The zero-order valence-corrected chi connectivity index (χ0v) is 15.9. The van der Waals surface area contributed by atoms with Gasteiger partial charge in [0.25, 0.3) is 0 Å². The monoisotopic (exact) mass is 445 g/mol. The number of ether oxygens (including phenoxy) is 2. The van der Waals surface area contributed by atoms with E-state index in [-0.39, 0.29) is 42.3 Å². The van der Waals surface area contributed by atoms with Crippen molar-refractivity contribution in [1.82, 2.24) is 0 Å². The average molecular weight is 445 g/mol. The Hall–Kier alpha value is -1.87. The minimum atomic E-state index is -0.369. The van der Waals surface area contributed by atoms with Gasteiger partial charge >= 0.3 is 0 Å². The van der Waals surface area contributed by atoms with E-state index in [4.69, 9.17) is 15.2 Å². The molecule has 0 aliphatic carbocycles. The molecule has 0 heterocycles. The Morgan fingerprint density at radius 1 is 1.21 bits per heavy atom. The summed E-state index contributed by atoms with van der Waals surface area (Å²) in [6, 6.07) is 12.1. The second-order valence-electron chi connectivity index (χ2n) is 4.92. The Balaban J connectivity index is 0.00000288. The van der Waals surface area contributed by atoms with Crippen molar-refractivity contribution < 1.29 is 13.9 Å². The molecule has 2 aromatic carbocycles. The zero-order chi connectivity index (χ0) is 16.7. The Morgan fingerprint density at radius 2 is 1.96 bits per heavy atom. The fourth-order valence-corrected chi connectivity index (χ4v) is 2.11. The number of rotatable bonds is 6. The van der Waals surface area contributed by atoms with E-state index in [0.717, 1.165) is 11.3 Å². The van der Waals surface area contributed by atoms with Gasteiger partial charge < -0.3 is 20.5 Å². The second-order valence-corrected chi connectivity index (χ2v) is 4.92. The van der Waals surface area contributed by atoms with E-state index in [2.05, 4.69) is 10.3 Å². The fourth-order valence-electron chi connectivity index (χ4n) is 2.11. The van der Waals surface area contributed by atoms with Crippen LogP contribution in [-0.2, 0) is 17.9 Å². The summed E-state index contributed by atoms with van der Waals surface area (Å²) in [5, 5.41) is 3.03. The largest absolute Gasteiger partial charge is 0.497 e. The molecule has 0 spiro atoms. The third-order valence-corrected chi connectivity index (χ3v) is 3.18. The van der Waals surface area contributed by atoms with Gasteiger partial charge in [-0.05, 0) is 23.8 Å². The zero-order valence-electron chi connectivity index (χ0n) is 13.6. The molecule has 0 amide bonds. The van der Waals surface area contributed by atoms with Crippen molar-refractivity contribution in [3.8, 4) is 5.75 Å². The molecular weight excluding hydrogens is 424 g/mol. The van der Waals surface area contributed by atoms with Crippen LogP contribution in [0, 0.1) is 5.82 Å². The number of benzene rings is 2. The average Bonchev–Trinajstić information content (AvgIpc) is 2.54. The molecule has 0 saturated heterocycles. The molecule has 0 aromatic heterocycles. The van der Waals surface area contributed by atoms with E-state index in [1.165, 1.54) is 19.2 Å². The van der Waals surface area contributed by atoms with E-state index in [9.17, 15) is 4.39 Å². The van der Waals surface area contributed by atoms with Gasteiger partial charge in [0, 0.05) is 24.4 Å².